The van der Waals surface area contributed by atoms with E-state index >= 15 is 0 Å². The fourth-order valence-electron chi connectivity index (χ4n) is 1.54. The van der Waals surface area contributed by atoms with Crippen molar-refractivity contribution in [2.24, 2.45) is 0 Å². The molecule has 1 N–H and O–H groups in total. The largest absolute Gasteiger partial charge is 0.507 e. The summed E-state index contributed by atoms with van der Waals surface area (Å²) in [5.41, 5.74) is 1.47. The predicted octanol–water partition coefficient (Wildman–Crippen LogP) is 3.46. The number of ketones is 1. The highest BCUT2D eigenvalue weighted by atomic mass is 16.3. The van der Waals surface area contributed by atoms with Crippen molar-refractivity contribution < 1.29 is 9.90 Å². The van der Waals surface area contributed by atoms with Gasteiger partial charge in [0.2, 0.25) is 0 Å². The maximum absolute atomic E-state index is 11.7. The second kappa shape index (κ2) is 5.54. The van der Waals surface area contributed by atoms with Crippen LogP contribution in [0.3, 0.4) is 0 Å². The van der Waals surface area contributed by atoms with E-state index in [4.69, 9.17) is 0 Å². The number of aryl methyl sites for hydroxylation is 1. The Morgan fingerprint density at radius 1 is 1.33 bits per heavy atom. The quantitative estimate of drug-likeness (QED) is 0.591. The smallest absolute Gasteiger partial charge is 0.166 e. The van der Waals surface area contributed by atoms with Gasteiger partial charge in [-0.05, 0) is 25.5 Å². The molecule has 1 rings (SSSR count). The number of carbonyl (C=O) groups excluding carboxylic acids is 1. The number of carbonyl (C=O) groups is 1. The fourth-order valence-corrected chi connectivity index (χ4v) is 1.54. The van der Waals surface area contributed by atoms with Gasteiger partial charge < -0.3 is 5.11 Å². The molecule has 0 atom stereocenters. The maximum Gasteiger partial charge on any atom is 0.166 e. The van der Waals surface area contributed by atoms with Gasteiger partial charge in [0, 0.05) is 6.42 Å². The van der Waals surface area contributed by atoms with Crippen LogP contribution in [0, 0.1) is 6.92 Å². The van der Waals surface area contributed by atoms with E-state index in [0.29, 0.717) is 12.0 Å². The molecule has 1 aromatic rings. The van der Waals surface area contributed by atoms with Crippen LogP contribution in [0.2, 0.25) is 0 Å². The van der Waals surface area contributed by atoms with E-state index in [1.807, 2.05) is 6.92 Å². The first-order valence-corrected chi connectivity index (χ1v) is 5.48. The van der Waals surface area contributed by atoms with Crippen molar-refractivity contribution in [2.45, 2.75) is 39.5 Å². The first-order valence-electron chi connectivity index (χ1n) is 5.48. The van der Waals surface area contributed by atoms with Crippen LogP contribution in [0.15, 0.2) is 18.2 Å². The monoisotopic (exact) mass is 206 g/mol. The lowest BCUT2D eigenvalue weighted by atomic mass is 10.0. The molecule has 0 aromatic heterocycles. The first kappa shape index (κ1) is 11.8. The van der Waals surface area contributed by atoms with Crippen LogP contribution >= 0.6 is 0 Å². The van der Waals surface area contributed by atoms with Crippen molar-refractivity contribution >= 4 is 5.78 Å². The van der Waals surface area contributed by atoms with Gasteiger partial charge in [-0.3, -0.25) is 4.79 Å². The molecule has 15 heavy (non-hydrogen) atoms. The summed E-state index contributed by atoms with van der Waals surface area (Å²) in [6.45, 7) is 4.02. The number of unbranched alkanes of at least 4 members (excludes halogenated alkanes) is 2. The molecule has 0 saturated carbocycles. The van der Waals surface area contributed by atoms with Crippen LogP contribution < -0.4 is 0 Å². The van der Waals surface area contributed by atoms with E-state index in [9.17, 15) is 9.90 Å². The molecule has 0 saturated heterocycles. The van der Waals surface area contributed by atoms with Gasteiger partial charge in [-0.15, -0.1) is 0 Å². The van der Waals surface area contributed by atoms with Gasteiger partial charge in [0.1, 0.15) is 5.75 Å². The van der Waals surface area contributed by atoms with Gasteiger partial charge in [0.25, 0.3) is 0 Å². The van der Waals surface area contributed by atoms with Gasteiger partial charge >= 0.3 is 0 Å². The normalized spacial score (nSPS) is 10.3. The molecule has 1 aromatic carbocycles. The minimum absolute atomic E-state index is 0.0460. The third-order valence-corrected chi connectivity index (χ3v) is 2.46. The highest BCUT2D eigenvalue weighted by Gasteiger charge is 2.10. The lowest BCUT2D eigenvalue weighted by molar-refractivity contribution is 0.0976. The molecule has 0 aliphatic heterocycles. The number of phenols is 1. The molecule has 2 nitrogen and oxygen atoms in total. The summed E-state index contributed by atoms with van der Waals surface area (Å²) in [6, 6.07) is 5.14. The van der Waals surface area contributed by atoms with Crippen LogP contribution in [0.25, 0.3) is 0 Å². The number of hydrogen-bond acceptors (Lipinski definition) is 2. The van der Waals surface area contributed by atoms with Crippen molar-refractivity contribution in [3.63, 3.8) is 0 Å². The van der Waals surface area contributed by atoms with Crippen molar-refractivity contribution in [2.75, 3.05) is 0 Å². The van der Waals surface area contributed by atoms with Crippen molar-refractivity contribution in [3.05, 3.63) is 29.3 Å². The third kappa shape index (κ3) is 3.39. The van der Waals surface area contributed by atoms with E-state index in [1.165, 1.54) is 0 Å². The SMILES string of the molecule is CCCCCC(=O)c1cc(C)ccc1O. The van der Waals surface area contributed by atoms with Crippen LogP contribution in [0.5, 0.6) is 5.75 Å². The third-order valence-electron chi connectivity index (χ3n) is 2.46. The molecule has 0 aliphatic rings. The molecule has 0 unspecified atom stereocenters. The highest BCUT2D eigenvalue weighted by molar-refractivity contribution is 5.98. The number of phenolic OH excluding ortho intramolecular Hbond substituents is 1. The molecule has 0 fully saturated rings. The molecule has 0 radical (unpaired) electrons. The maximum atomic E-state index is 11.7. The zero-order valence-corrected chi connectivity index (χ0v) is 9.42. The summed E-state index contributed by atoms with van der Waals surface area (Å²) >= 11 is 0. The Bertz CT molecular complexity index is 342. The van der Waals surface area contributed by atoms with Crippen LogP contribution in [0.4, 0.5) is 0 Å². The van der Waals surface area contributed by atoms with Crippen LogP contribution in [-0.2, 0) is 0 Å². The Kier molecular flexibility index (Phi) is 4.35. The van der Waals surface area contributed by atoms with E-state index in [-0.39, 0.29) is 11.5 Å². The molecule has 0 aliphatic carbocycles. The number of rotatable bonds is 5. The molecule has 0 heterocycles. The summed E-state index contributed by atoms with van der Waals surface area (Å²) in [5.74, 6) is 0.145. The summed E-state index contributed by atoms with van der Waals surface area (Å²) < 4.78 is 0. The summed E-state index contributed by atoms with van der Waals surface area (Å²) in [6.07, 6.45) is 3.61. The number of aromatic hydroxyl groups is 1. The predicted molar refractivity (Wildman–Crippen MR) is 61.3 cm³/mol. The second-order valence-corrected chi connectivity index (χ2v) is 3.90. The van der Waals surface area contributed by atoms with Crippen LogP contribution in [-0.4, -0.2) is 10.9 Å². The lowest BCUT2D eigenvalue weighted by Crippen LogP contribution is -1.99. The zero-order chi connectivity index (χ0) is 11.3. The molecule has 0 bridgehead atoms. The van der Waals surface area contributed by atoms with Crippen LogP contribution in [0.1, 0.15) is 48.5 Å². The second-order valence-electron chi connectivity index (χ2n) is 3.90. The lowest BCUT2D eigenvalue weighted by Gasteiger charge is -2.04. The summed E-state index contributed by atoms with van der Waals surface area (Å²) in [7, 11) is 0. The van der Waals surface area contributed by atoms with Gasteiger partial charge in [-0.1, -0.05) is 31.4 Å². The Morgan fingerprint density at radius 3 is 2.73 bits per heavy atom. The Balaban J connectivity index is 2.68. The van der Waals surface area contributed by atoms with E-state index in [0.717, 1.165) is 24.8 Å². The minimum atomic E-state index is 0.0460. The number of benzene rings is 1. The van der Waals surface area contributed by atoms with E-state index < -0.39 is 0 Å². The molecular weight excluding hydrogens is 188 g/mol. The highest BCUT2D eigenvalue weighted by Crippen LogP contribution is 2.20. The Labute approximate surface area is 90.9 Å². The summed E-state index contributed by atoms with van der Waals surface area (Å²) in [5, 5.41) is 9.54. The fraction of sp³-hybridized carbons (Fsp3) is 0.462. The topological polar surface area (TPSA) is 37.3 Å². The number of hydrogen-bond donors (Lipinski definition) is 1. The standard InChI is InChI=1S/C13H18O2/c1-3-4-5-6-12(14)11-9-10(2)7-8-13(11)15/h7-9,15H,3-6H2,1-2H3. The van der Waals surface area contributed by atoms with E-state index in [1.54, 1.807) is 18.2 Å². The van der Waals surface area contributed by atoms with Gasteiger partial charge in [-0.25, -0.2) is 0 Å². The van der Waals surface area contributed by atoms with Gasteiger partial charge in [0.15, 0.2) is 5.78 Å². The van der Waals surface area contributed by atoms with Crippen molar-refractivity contribution in [1.29, 1.82) is 0 Å². The molecule has 2 heteroatoms. The minimum Gasteiger partial charge on any atom is -0.507 e. The molecular formula is C13H18O2. The van der Waals surface area contributed by atoms with E-state index in [2.05, 4.69) is 6.92 Å². The average molecular weight is 206 g/mol. The Hall–Kier alpha value is -1.31. The first-order chi connectivity index (χ1) is 7.15. The number of Topliss-reactive ketones (excluding diaryl/α,β-unsaturated/α-hetero) is 1. The van der Waals surface area contributed by atoms with Crippen molar-refractivity contribution in [3.8, 4) is 5.75 Å². The molecule has 0 amide bonds. The zero-order valence-electron chi connectivity index (χ0n) is 9.42. The van der Waals surface area contributed by atoms with Crippen molar-refractivity contribution in [1.82, 2.24) is 0 Å². The Morgan fingerprint density at radius 2 is 2.07 bits per heavy atom. The van der Waals surface area contributed by atoms with Gasteiger partial charge in [-0.2, -0.15) is 0 Å². The summed E-state index contributed by atoms with van der Waals surface area (Å²) in [4.78, 5) is 11.7. The molecule has 0 spiro atoms. The average Bonchev–Trinajstić information content (AvgIpc) is 2.22. The molecule has 82 valence electrons. The van der Waals surface area contributed by atoms with Gasteiger partial charge in [0.05, 0.1) is 5.56 Å².